The highest BCUT2D eigenvalue weighted by molar-refractivity contribution is 5.83. The summed E-state index contributed by atoms with van der Waals surface area (Å²) in [6.45, 7) is 1.34. The fourth-order valence-electron chi connectivity index (χ4n) is 1.66. The highest BCUT2D eigenvalue weighted by Crippen LogP contribution is 2.23. The molecule has 0 aromatic carbocycles. The molecule has 0 saturated carbocycles. The van der Waals surface area contributed by atoms with Gasteiger partial charge in [0.2, 0.25) is 5.91 Å². The van der Waals surface area contributed by atoms with E-state index in [1.807, 2.05) is 0 Å². The number of terminal acetylenes is 1. The number of carboxylic acids is 1. The zero-order chi connectivity index (χ0) is 10.0. The van der Waals surface area contributed by atoms with Crippen molar-refractivity contribution in [3.05, 3.63) is 0 Å². The van der Waals surface area contributed by atoms with Crippen LogP contribution in [-0.2, 0) is 9.59 Å². The van der Waals surface area contributed by atoms with Gasteiger partial charge in [0.1, 0.15) is 6.04 Å². The van der Waals surface area contributed by atoms with Crippen LogP contribution in [-0.4, -0.2) is 34.0 Å². The van der Waals surface area contributed by atoms with Gasteiger partial charge < -0.3 is 10.0 Å². The molecule has 4 nitrogen and oxygen atoms in total. The van der Waals surface area contributed by atoms with Crippen molar-refractivity contribution in [3.8, 4) is 12.3 Å². The molecule has 0 aromatic rings. The van der Waals surface area contributed by atoms with Crippen LogP contribution in [0.2, 0.25) is 0 Å². The van der Waals surface area contributed by atoms with Crippen LogP contribution < -0.4 is 0 Å². The number of likely N-dealkylation sites (tertiary alicyclic amines) is 1. The van der Waals surface area contributed by atoms with E-state index in [1.54, 1.807) is 0 Å². The zero-order valence-corrected chi connectivity index (χ0v) is 7.36. The summed E-state index contributed by atoms with van der Waals surface area (Å²) < 4.78 is 0. The van der Waals surface area contributed by atoms with Gasteiger partial charge in [0, 0.05) is 6.92 Å². The van der Waals surface area contributed by atoms with E-state index in [0.717, 1.165) is 0 Å². The molecule has 1 heterocycles. The summed E-state index contributed by atoms with van der Waals surface area (Å²) in [7, 11) is 0. The van der Waals surface area contributed by atoms with Crippen molar-refractivity contribution in [2.45, 2.75) is 31.8 Å². The second-order valence-corrected chi connectivity index (χ2v) is 3.04. The van der Waals surface area contributed by atoms with Crippen LogP contribution >= 0.6 is 0 Å². The van der Waals surface area contributed by atoms with Gasteiger partial charge in [0.25, 0.3) is 0 Å². The standard InChI is InChI=1S/C9H11NO3/c1-3-7-4-5-8(9(12)13)10(7)6(2)11/h1,7-8H,4-5H2,2H3,(H,12,13)/t7-,8-/m1/s1. The van der Waals surface area contributed by atoms with Gasteiger partial charge in [-0.15, -0.1) is 6.42 Å². The van der Waals surface area contributed by atoms with Gasteiger partial charge in [-0.25, -0.2) is 4.79 Å². The molecule has 4 heteroatoms. The van der Waals surface area contributed by atoms with E-state index in [1.165, 1.54) is 11.8 Å². The summed E-state index contributed by atoms with van der Waals surface area (Å²) in [5, 5.41) is 8.78. The van der Waals surface area contributed by atoms with Crippen LogP contribution in [0.25, 0.3) is 0 Å². The number of amides is 1. The van der Waals surface area contributed by atoms with E-state index in [4.69, 9.17) is 11.5 Å². The predicted octanol–water partition coefficient (Wildman–Crippen LogP) is 0.0837. The van der Waals surface area contributed by atoms with Crippen molar-refractivity contribution in [1.29, 1.82) is 0 Å². The Morgan fingerprint density at radius 3 is 2.54 bits per heavy atom. The molecule has 1 rings (SSSR count). The number of hydrogen-bond donors (Lipinski definition) is 1. The first kappa shape index (κ1) is 9.59. The summed E-state index contributed by atoms with van der Waals surface area (Å²) in [5.41, 5.74) is 0. The molecule has 1 saturated heterocycles. The first-order chi connectivity index (χ1) is 6.07. The van der Waals surface area contributed by atoms with Gasteiger partial charge in [-0.1, -0.05) is 5.92 Å². The lowest BCUT2D eigenvalue weighted by molar-refractivity contribution is -0.148. The molecule has 1 amide bonds. The number of rotatable bonds is 1. The van der Waals surface area contributed by atoms with Gasteiger partial charge >= 0.3 is 5.97 Å². The smallest absolute Gasteiger partial charge is 0.326 e. The third-order valence-corrected chi connectivity index (χ3v) is 2.23. The number of nitrogens with zero attached hydrogens (tertiary/aromatic N) is 1. The van der Waals surface area contributed by atoms with Crippen LogP contribution in [0.4, 0.5) is 0 Å². The molecule has 70 valence electrons. The summed E-state index contributed by atoms with van der Waals surface area (Å²) in [6, 6.07) is -1.09. The molecular formula is C9H11NO3. The molecule has 0 bridgehead atoms. The maximum atomic E-state index is 11.1. The van der Waals surface area contributed by atoms with Crippen LogP contribution in [0.5, 0.6) is 0 Å². The largest absolute Gasteiger partial charge is 0.480 e. The molecule has 2 atom stereocenters. The summed E-state index contributed by atoms with van der Waals surface area (Å²) >= 11 is 0. The van der Waals surface area contributed by atoms with Crippen LogP contribution in [0, 0.1) is 12.3 Å². The normalized spacial score (nSPS) is 26.9. The number of carbonyl (C=O) groups excluding carboxylic acids is 1. The Labute approximate surface area is 76.5 Å². The van der Waals surface area contributed by atoms with Crippen LogP contribution in [0.15, 0.2) is 0 Å². The fourth-order valence-corrected chi connectivity index (χ4v) is 1.66. The van der Waals surface area contributed by atoms with Gasteiger partial charge in [-0.2, -0.15) is 0 Å². The van der Waals surface area contributed by atoms with E-state index < -0.39 is 12.0 Å². The Kier molecular flexibility index (Phi) is 2.57. The van der Waals surface area contributed by atoms with E-state index in [9.17, 15) is 9.59 Å². The average molecular weight is 181 g/mol. The van der Waals surface area contributed by atoms with Gasteiger partial charge in [0.15, 0.2) is 0 Å². The zero-order valence-electron chi connectivity index (χ0n) is 7.36. The topological polar surface area (TPSA) is 57.6 Å². The monoisotopic (exact) mass is 181 g/mol. The van der Waals surface area contributed by atoms with Gasteiger partial charge in [0.05, 0.1) is 6.04 Å². The molecule has 1 aliphatic rings. The Balaban J connectivity index is 2.86. The highest BCUT2D eigenvalue weighted by atomic mass is 16.4. The van der Waals surface area contributed by atoms with Crippen molar-refractivity contribution in [2.75, 3.05) is 0 Å². The number of carbonyl (C=O) groups is 2. The Hall–Kier alpha value is -1.50. The summed E-state index contributed by atoms with van der Waals surface area (Å²) in [4.78, 5) is 23.1. The molecule has 0 unspecified atom stereocenters. The molecule has 13 heavy (non-hydrogen) atoms. The third-order valence-electron chi connectivity index (χ3n) is 2.23. The summed E-state index contributed by atoms with van der Waals surface area (Å²) in [6.07, 6.45) is 6.21. The minimum Gasteiger partial charge on any atom is -0.480 e. The predicted molar refractivity (Wildman–Crippen MR) is 45.8 cm³/mol. The molecule has 1 fully saturated rings. The Bertz CT molecular complexity index is 279. The maximum absolute atomic E-state index is 11.1. The molecule has 1 aliphatic heterocycles. The minimum absolute atomic E-state index is 0.271. The van der Waals surface area contributed by atoms with Crippen molar-refractivity contribution in [2.24, 2.45) is 0 Å². The first-order valence-corrected chi connectivity index (χ1v) is 4.05. The quantitative estimate of drug-likeness (QED) is 0.583. The molecule has 0 aliphatic carbocycles. The van der Waals surface area contributed by atoms with Gasteiger partial charge in [-0.3, -0.25) is 4.79 Å². The Morgan fingerprint density at radius 1 is 1.54 bits per heavy atom. The first-order valence-electron chi connectivity index (χ1n) is 4.05. The maximum Gasteiger partial charge on any atom is 0.326 e. The Morgan fingerprint density at radius 2 is 2.15 bits per heavy atom. The molecule has 0 spiro atoms. The SMILES string of the molecule is C#C[C@@H]1CC[C@H](C(=O)O)N1C(C)=O. The highest BCUT2D eigenvalue weighted by Gasteiger charge is 2.38. The minimum atomic E-state index is -0.979. The number of aliphatic carboxylic acids is 1. The van der Waals surface area contributed by atoms with Crippen molar-refractivity contribution < 1.29 is 14.7 Å². The lowest BCUT2D eigenvalue weighted by Crippen LogP contribution is -2.43. The number of carboxylic acid groups (broad SMARTS) is 1. The van der Waals surface area contributed by atoms with E-state index in [2.05, 4.69) is 5.92 Å². The van der Waals surface area contributed by atoms with Crippen molar-refractivity contribution in [1.82, 2.24) is 4.90 Å². The van der Waals surface area contributed by atoms with Crippen LogP contribution in [0.1, 0.15) is 19.8 Å². The third kappa shape index (κ3) is 1.64. The van der Waals surface area contributed by atoms with E-state index in [0.29, 0.717) is 12.8 Å². The number of hydrogen-bond acceptors (Lipinski definition) is 2. The van der Waals surface area contributed by atoms with Gasteiger partial charge in [-0.05, 0) is 12.8 Å². The van der Waals surface area contributed by atoms with E-state index >= 15 is 0 Å². The molecule has 0 radical (unpaired) electrons. The molecular weight excluding hydrogens is 170 g/mol. The molecule has 1 N–H and O–H groups in total. The lowest BCUT2D eigenvalue weighted by atomic mass is 10.2. The average Bonchev–Trinajstić information content (AvgIpc) is 2.46. The lowest BCUT2D eigenvalue weighted by Gasteiger charge is -2.23. The fraction of sp³-hybridized carbons (Fsp3) is 0.556. The molecule has 0 aromatic heterocycles. The second kappa shape index (κ2) is 3.48. The van der Waals surface area contributed by atoms with Crippen LogP contribution in [0.3, 0.4) is 0 Å². The van der Waals surface area contributed by atoms with E-state index in [-0.39, 0.29) is 11.9 Å². The van der Waals surface area contributed by atoms with Crippen molar-refractivity contribution in [3.63, 3.8) is 0 Å². The summed E-state index contributed by atoms with van der Waals surface area (Å²) in [5.74, 6) is 1.17. The van der Waals surface area contributed by atoms with Crippen molar-refractivity contribution >= 4 is 11.9 Å². The second-order valence-electron chi connectivity index (χ2n) is 3.04.